The van der Waals surface area contributed by atoms with Crippen molar-refractivity contribution in [3.05, 3.63) is 138 Å². The molecule has 0 saturated carbocycles. The van der Waals surface area contributed by atoms with Crippen LogP contribution >= 0.6 is 0 Å². The third-order valence-electron chi connectivity index (χ3n) is 6.93. The van der Waals surface area contributed by atoms with E-state index in [0.717, 1.165) is 0 Å². The van der Waals surface area contributed by atoms with E-state index >= 15 is 26.3 Å². The van der Waals surface area contributed by atoms with E-state index in [1.54, 1.807) is 0 Å². The van der Waals surface area contributed by atoms with E-state index in [1.807, 2.05) is 0 Å². The zero-order chi connectivity index (χ0) is 35.6. The summed E-state index contributed by atoms with van der Waals surface area (Å²) in [5, 5.41) is 11.2. The normalized spacial score (nSPS) is 17.1. The SMILES string of the molecule is OC1(c2c(F)c(F)c(F)c(F)c2F)OC(c2c(F)c(F)c(F)c(F)c2F)(c2c(F)c(F)c(F)c(F)c2F)c2c(F)c(F)c(F)c(F)c21. The highest BCUT2D eigenvalue weighted by atomic mass is 19.2. The van der Waals surface area contributed by atoms with Crippen LogP contribution in [0, 0.1) is 111 Å². The molecule has 1 N–H and O–H groups in total. The second kappa shape index (κ2) is 10.5. The lowest BCUT2D eigenvalue weighted by Gasteiger charge is -2.35. The van der Waals surface area contributed by atoms with E-state index in [0.29, 0.717) is 0 Å². The van der Waals surface area contributed by atoms with Gasteiger partial charge < -0.3 is 9.84 Å². The van der Waals surface area contributed by atoms with Crippen LogP contribution in [-0.2, 0) is 16.1 Å². The average molecular weight is 706 g/mol. The molecule has 47 heavy (non-hydrogen) atoms. The van der Waals surface area contributed by atoms with Crippen LogP contribution in [0.2, 0.25) is 0 Å². The molecule has 1 unspecified atom stereocenters. The number of fused-ring (bicyclic) bond motifs is 1. The third-order valence-corrected chi connectivity index (χ3v) is 6.93. The fourth-order valence-electron chi connectivity index (χ4n) is 4.99. The molecular weight excluding hydrogens is 705 g/mol. The maximum atomic E-state index is 15.6. The zero-order valence-corrected chi connectivity index (χ0v) is 21.0. The van der Waals surface area contributed by atoms with Crippen molar-refractivity contribution in [2.45, 2.75) is 11.4 Å². The summed E-state index contributed by atoms with van der Waals surface area (Å²) in [7, 11) is 0. The van der Waals surface area contributed by atoms with Crippen LogP contribution in [0.25, 0.3) is 0 Å². The minimum absolute atomic E-state index is 3.02. The largest absolute Gasteiger partial charge is 0.358 e. The fraction of sp³-hybridized carbons (Fsp3) is 0.0769. The molecule has 1 atom stereocenters. The Kier molecular flexibility index (Phi) is 7.55. The van der Waals surface area contributed by atoms with Crippen LogP contribution < -0.4 is 0 Å². The van der Waals surface area contributed by atoms with Gasteiger partial charge in [0.2, 0.25) is 23.2 Å². The van der Waals surface area contributed by atoms with Gasteiger partial charge in [-0.1, -0.05) is 0 Å². The molecule has 0 amide bonds. The summed E-state index contributed by atoms with van der Waals surface area (Å²) in [4.78, 5) is 0. The first-order valence-electron chi connectivity index (χ1n) is 11.5. The highest BCUT2D eigenvalue weighted by Gasteiger charge is 2.66. The lowest BCUT2D eigenvalue weighted by molar-refractivity contribution is -0.216. The van der Waals surface area contributed by atoms with Crippen molar-refractivity contribution in [2.24, 2.45) is 0 Å². The summed E-state index contributed by atoms with van der Waals surface area (Å²) in [6, 6.07) is 0. The van der Waals surface area contributed by atoms with Crippen LogP contribution in [0.3, 0.4) is 0 Å². The van der Waals surface area contributed by atoms with E-state index in [9.17, 15) is 62.2 Å². The topological polar surface area (TPSA) is 29.5 Å². The highest BCUT2D eigenvalue weighted by molar-refractivity contribution is 5.60. The quantitative estimate of drug-likeness (QED) is 0.134. The monoisotopic (exact) mass is 706 g/mol. The lowest BCUT2D eigenvalue weighted by Crippen LogP contribution is -2.41. The van der Waals surface area contributed by atoms with Gasteiger partial charge in [0, 0.05) is 5.56 Å². The van der Waals surface area contributed by atoms with Crippen molar-refractivity contribution in [3.63, 3.8) is 0 Å². The molecule has 0 fully saturated rings. The molecule has 0 radical (unpaired) electrons. The summed E-state index contributed by atoms with van der Waals surface area (Å²) in [5.74, 6) is -69.2. The lowest BCUT2D eigenvalue weighted by atomic mass is 9.77. The Labute approximate surface area is 243 Å². The van der Waals surface area contributed by atoms with Crippen LogP contribution in [0.4, 0.5) is 83.4 Å². The van der Waals surface area contributed by atoms with Gasteiger partial charge in [0.25, 0.3) is 0 Å². The van der Waals surface area contributed by atoms with Crippen molar-refractivity contribution in [2.75, 3.05) is 0 Å². The zero-order valence-electron chi connectivity index (χ0n) is 21.0. The Hall–Kier alpha value is -4.53. The summed E-state index contributed by atoms with van der Waals surface area (Å²) in [6.07, 6.45) is 0. The molecule has 0 aromatic heterocycles. The van der Waals surface area contributed by atoms with Crippen LogP contribution in [0.1, 0.15) is 27.8 Å². The molecule has 1 heterocycles. The number of rotatable bonds is 3. The molecule has 5 rings (SSSR count). The molecular formula is C26HF19O2. The molecule has 4 aromatic carbocycles. The predicted octanol–water partition coefficient (Wildman–Crippen LogP) is 7.85. The molecule has 2 nitrogen and oxygen atoms in total. The van der Waals surface area contributed by atoms with Gasteiger partial charge in [-0.15, -0.1) is 0 Å². The first-order chi connectivity index (χ1) is 21.6. The van der Waals surface area contributed by atoms with Crippen molar-refractivity contribution < 1.29 is 93.3 Å². The Morgan fingerprint density at radius 3 is 0.723 bits per heavy atom. The number of benzene rings is 4. The van der Waals surface area contributed by atoms with Crippen molar-refractivity contribution in [1.82, 2.24) is 0 Å². The second-order valence-electron chi connectivity index (χ2n) is 9.27. The molecule has 1 aliphatic heterocycles. The van der Waals surface area contributed by atoms with Gasteiger partial charge in [-0.05, 0) is 0 Å². The summed E-state index contributed by atoms with van der Waals surface area (Å²) in [5.41, 5.74) is -21.4. The Bertz CT molecular complexity index is 1940. The average Bonchev–Trinajstić information content (AvgIpc) is 3.30. The number of halogens is 19. The molecule has 250 valence electrons. The molecule has 0 bridgehead atoms. The van der Waals surface area contributed by atoms with Crippen LogP contribution in [0.15, 0.2) is 0 Å². The van der Waals surface area contributed by atoms with Crippen molar-refractivity contribution in [3.8, 4) is 0 Å². The minimum Gasteiger partial charge on any atom is -0.358 e. The Morgan fingerprint density at radius 2 is 0.447 bits per heavy atom. The van der Waals surface area contributed by atoms with E-state index < -0.39 is 150 Å². The van der Waals surface area contributed by atoms with E-state index in [4.69, 9.17) is 0 Å². The molecule has 21 heteroatoms. The number of hydrogen-bond acceptors (Lipinski definition) is 2. The number of hydrogen-bond donors (Lipinski definition) is 1. The van der Waals surface area contributed by atoms with E-state index in [-0.39, 0.29) is 0 Å². The van der Waals surface area contributed by atoms with E-state index in [1.165, 1.54) is 0 Å². The summed E-state index contributed by atoms with van der Waals surface area (Å²) < 4.78 is 283. The second-order valence-corrected chi connectivity index (χ2v) is 9.27. The first-order valence-corrected chi connectivity index (χ1v) is 11.5. The van der Waals surface area contributed by atoms with Crippen LogP contribution in [-0.4, -0.2) is 5.11 Å². The van der Waals surface area contributed by atoms with Gasteiger partial charge in [0.1, 0.15) is 0 Å². The van der Waals surface area contributed by atoms with Crippen LogP contribution in [0.5, 0.6) is 0 Å². The standard InChI is InChI=1S/C26HF19O2/c27-6-1-2(7(28)15(36)14(6)35)26(46,5-12(33)20(41)24(45)21(42)13(5)34)47-25(1,3-8(29)16(37)22(43)17(38)9(3)30)4-10(31)18(39)23(44)19(40)11(4)32/h46H. The molecule has 0 spiro atoms. The highest BCUT2D eigenvalue weighted by Crippen LogP contribution is 2.60. The smallest absolute Gasteiger partial charge is 0.230 e. The fourth-order valence-corrected chi connectivity index (χ4v) is 4.99. The molecule has 4 aromatic rings. The van der Waals surface area contributed by atoms with Crippen molar-refractivity contribution in [1.29, 1.82) is 0 Å². The number of aliphatic hydroxyl groups is 1. The summed E-state index contributed by atoms with van der Waals surface area (Å²) >= 11 is 0. The number of ether oxygens (including phenoxy) is 1. The Morgan fingerprint density at radius 1 is 0.255 bits per heavy atom. The molecule has 0 aliphatic carbocycles. The van der Waals surface area contributed by atoms with Gasteiger partial charge in [0.15, 0.2) is 98.7 Å². The van der Waals surface area contributed by atoms with Crippen molar-refractivity contribution >= 4 is 0 Å². The summed E-state index contributed by atoms with van der Waals surface area (Å²) in [6.45, 7) is 0. The van der Waals surface area contributed by atoms with Gasteiger partial charge >= 0.3 is 0 Å². The van der Waals surface area contributed by atoms with Gasteiger partial charge in [-0.2, -0.15) is 0 Å². The third kappa shape index (κ3) is 3.98. The predicted molar refractivity (Wildman–Crippen MR) is 109 cm³/mol. The maximum Gasteiger partial charge on any atom is 0.230 e. The van der Waals surface area contributed by atoms with E-state index in [2.05, 4.69) is 4.74 Å². The van der Waals surface area contributed by atoms with Gasteiger partial charge in [0.05, 0.1) is 22.3 Å². The maximum absolute atomic E-state index is 15.6. The minimum atomic E-state index is -5.54. The Balaban J connectivity index is 2.21. The molecule has 0 saturated heterocycles. The van der Waals surface area contributed by atoms with Gasteiger partial charge in [-0.25, -0.2) is 83.4 Å². The first kappa shape index (κ1) is 33.8. The van der Waals surface area contributed by atoms with Gasteiger partial charge in [-0.3, -0.25) is 0 Å². The molecule has 1 aliphatic rings.